The third-order valence-electron chi connectivity index (χ3n) is 2.78. The van der Waals surface area contributed by atoms with Crippen molar-refractivity contribution < 1.29 is 18.0 Å². The van der Waals surface area contributed by atoms with Gasteiger partial charge in [0.2, 0.25) is 5.91 Å². The molecule has 0 spiro atoms. The molecule has 0 N–H and O–H groups in total. The van der Waals surface area contributed by atoms with Crippen LogP contribution >= 0.6 is 23.2 Å². The fourth-order valence-electron chi connectivity index (χ4n) is 1.58. The van der Waals surface area contributed by atoms with Gasteiger partial charge in [-0.25, -0.2) is 0 Å². The van der Waals surface area contributed by atoms with Crippen molar-refractivity contribution in [1.29, 1.82) is 0 Å². The lowest BCUT2D eigenvalue weighted by Gasteiger charge is -2.18. The third-order valence-corrected chi connectivity index (χ3v) is 3.37. The summed E-state index contributed by atoms with van der Waals surface area (Å²) in [5.74, 6) is -0.347. The van der Waals surface area contributed by atoms with E-state index in [1.54, 1.807) is 18.2 Å². The first-order chi connectivity index (χ1) is 9.19. The number of carbonyl (C=O) groups is 1. The van der Waals surface area contributed by atoms with Gasteiger partial charge in [0.05, 0.1) is 6.42 Å². The highest BCUT2D eigenvalue weighted by molar-refractivity contribution is 6.35. The summed E-state index contributed by atoms with van der Waals surface area (Å²) in [6.07, 6.45) is -4.79. The van der Waals surface area contributed by atoms with Crippen molar-refractivity contribution >= 4 is 29.1 Å². The highest BCUT2D eigenvalue weighted by atomic mass is 35.5. The van der Waals surface area contributed by atoms with E-state index in [1.165, 1.54) is 7.05 Å². The summed E-state index contributed by atoms with van der Waals surface area (Å²) in [6.45, 7) is -0.337. The van der Waals surface area contributed by atoms with E-state index < -0.39 is 12.6 Å². The van der Waals surface area contributed by atoms with Gasteiger partial charge in [-0.3, -0.25) is 4.79 Å². The zero-order valence-electron chi connectivity index (χ0n) is 10.8. The molecule has 112 valence electrons. The van der Waals surface area contributed by atoms with Gasteiger partial charge >= 0.3 is 6.18 Å². The Balaban J connectivity index is 2.46. The molecule has 0 aliphatic heterocycles. The Bertz CT molecular complexity index is 477. The monoisotopic (exact) mass is 327 g/mol. The van der Waals surface area contributed by atoms with Gasteiger partial charge in [-0.15, -0.1) is 0 Å². The van der Waals surface area contributed by atoms with Crippen molar-refractivity contribution in [1.82, 2.24) is 4.90 Å². The van der Waals surface area contributed by atoms with E-state index in [0.717, 1.165) is 10.5 Å². The minimum atomic E-state index is -4.26. The minimum absolute atomic E-state index is 0.107. The molecule has 0 radical (unpaired) electrons. The van der Waals surface area contributed by atoms with Gasteiger partial charge in [-0.05, 0) is 24.1 Å². The molecule has 20 heavy (non-hydrogen) atoms. The number of hydrogen-bond acceptors (Lipinski definition) is 1. The maximum absolute atomic E-state index is 12.1. The van der Waals surface area contributed by atoms with Crippen molar-refractivity contribution in [2.45, 2.75) is 25.4 Å². The highest BCUT2D eigenvalue weighted by Crippen LogP contribution is 2.23. The first kappa shape index (κ1) is 17.1. The van der Waals surface area contributed by atoms with E-state index in [0.29, 0.717) is 16.5 Å². The molecule has 0 atom stereocenters. The van der Waals surface area contributed by atoms with Gasteiger partial charge in [0.1, 0.15) is 0 Å². The van der Waals surface area contributed by atoms with Gasteiger partial charge < -0.3 is 4.90 Å². The molecular formula is C13H14Cl2F3NO. The molecule has 0 saturated heterocycles. The molecule has 1 aromatic rings. The number of benzene rings is 1. The maximum atomic E-state index is 12.1. The number of carbonyl (C=O) groups excluding carboxylic acids is 1. The number of alkyl halides is 3. The molecule has 0 saturated carbocycles. The van der Waals surface area contributed by atoms with E-state index in [-0.39, 0.29) is 18.9 Å². The van der Waals surface area contributed by atoms with Crippen molar-refractivity contribution in [3.63, 3.8) is 0 Å². The van der Waals surface area contributed by atoms with Gasteiger partial charge in [0, 0.05) is 30.1 Å². The SMILES string of the molecule is CN(CCC(F)(F)F)C(=O)CCc1ccc(Cl)cc1Cl. The van der Waals surface area contributed by atoms with Crippen LogP contribution in [0.2, 0.25) is 10.0 Å². The van der Waals surface area contributed by atoms with Crippen LogP contribution in [0.3, 0.4) is 0 Å². The van der Waals surface area contributed by atoms with Crippen LogP contribution in [0.1, 0.15) is 18.4 Å². The molecule has 0 aromatic heterocycles. The molecule has 7 heteroatoms. The standard InChI is InChI=1S/C13H14Cl2F3NO/c1-19(7-6-13(16,17)18)12(20)5-3-9-2-4-10(14)8-11(9)15/h2,4,8H,3,5-7H2,1H3. The van der Waals surface area contributed by atoms with Crippen molar-refractivity contribution in [2.24, 2.45) is 0 Å². The summed E-state index contributed by atoms with van der Waals surface area (Å²) in [6, 6.07) is 4.92. The predicted molar refractivity (Wildman–Crippen MR) is 73.1 cm³/mol. The summed E-state index contributed by atoms with van der Waals surface area (Å²) in [5, 5.41) is 0.940. The number of aryl methyl sites for hydroxylation is 1. The van der Waals surface area contributed by atoms with Gasteiger partial charge in [0.25, 0.3) is 0 Å². The van der Waals surface area contributed by atoms with Crippen LogP contribution in [-0.2, 0) is 11.2 Å². The lowest BCUT2D eigenvalue weighted by Crippen LogP contribution is -2.30. The van der Waals surface area contributed by atoms with Crippen LogP contribution in [-0.4, -0.2) is 30.6 Å². The number of halogens is 5. The summed E-state index contributed by atoms with van der Waals surface area (Å²) in [5.41, 5.74) is 0.744. The Morgan fingerprint density at radius 1 is 1.30 bits per heavy atom. The Hall–Kier alpha value is -0.940. The molecule has 1 amide bonds. The lowest BCUT2D eigenvalue weighted by molar-refractivity contribution is -0.144. The van der Waals surface area contributed by atoms with E-state index >= 15 is 0 Å². The lowest BCUT2D eigenvalue weighted by atomic mass is 10.1. The average Bonchev–Trinajstić information content (AvgIpc) is 2.33. The van der Waals surface area contributed by atoms with Crippen molar-refractivity contribution in [3.8, 4) is 0 Å². The average molecular weight is 328 g/mol. The van der Waals surface area contributed by atoms with Crippen LogP contribution in [0.5, 0.6) is 0 Å². The van der Waals surface area contributed by atoms with Gasteiger partial charge in [-0.1, -0.05) is 29.3 Å². The van der Waals surface area contributed by atoms with E-state index in [4.69, 9.17) is 23.2 Å². The Labute approximate surface area is 125 Å². The fourth-order valence-corrected chi connectivity index (χ4v) is 2.08. The van der Waals surface area contributed by atoms with Crippen LogP contribution in [0.4, 0.5) is 13.2 Å². The Morgan fingerprint density at radius 2 is 1.95 bits per heavy atom. The molecule has 2 nitrogen and oxygen atoms in total. The molecular weight excluding hydrogens is 314 g/mol. The second-order valence-electron chi connectivity index (χ2n) is 4.42. The zero-order chi connectivity index (χ0) is 15.3. The number of hydrogen-bond donors (Lipinski definition) is 0. The normalized spacial score (nSPS) is 11.5. The van der Waals surface area contributed by atoms with Crippen LogP contribution in [0, 0.1) is 0 Å². The number of amides is 1. The van der Waals surface area contributed by atoms with E-state index in [9.17, 15) is 18.0 Å². The molecule has 1 aromatic carbocycles. The fraction of sp³-hybridized carbons (Fsp3) is 0.462. The molecule has 0 bridgehead atoms. The van der Waals surface area contributed by atoms with Crippen LogP contribution in [0.25, 0.3) is 0 Å². The second-order valence-corrected chi connectivity index (χ2v) is 5.26. The van der Waals surface area contributed by atoms with E-state index in [1.807, 2.05) is 0 Å². The van der Waals surface area contributed by atoms with Gasteiger partial charge in [0.15, 0.2) is 0 Å². The Morgan fingerprint density at radius 3 is 2.50 bits per heavy atom. The van der Waals surface area contributed by atoms with Gasteiger partial charge in [-0.2, -0.15) is 13.2 Å². The second kappa shape index (κ2) is 7.18. The van der Waals surface area contributed by atoms with Crippen molar-refractivity contribution in [3.05, 3.63) is 33.8 Å². The molecule has 0 heterocycles. The first-order valence-electron chi connectivity index (χ1n) is 5.93. The number of nitrogens with zero attached hydrogens (tertiary/aromatic N) is 1. The molecule has 0 aliphatic rings. The largest absolute Gasteiger partial charge is 0.390 e. The Kier molecular flexibility index (Phi) is 6.14. The summed E-state index contributed by atoms with van der Waals surface area (Å²) in [7, 11) is 1.36. The highest BCUT2D eigenvalue weighted by Gasteiger charge is 2.27. The molecule has 0 aliphatic carbocycles. The quantitative estimate of drug-likeness (QED) is 0.787. The molecule has 0 fully saturated rings. The summed E-state index contributed by atoms with van der Waals surface area (Å²) in [4.78, 5) is 12.8. The first-order valence-corrected chi connectivity index (χ1v) is 6.69. The zero-order valence-corrected chi connectivity index (χ0v) is 12.3. The molecule has 1 rings (SSSR count). The topological polar surface area (TPSA) is 20.3 Å². The number of rotatable bonds is 5. The predicted octanol–water partition coefficient (Wildman–Crippen LogP) is 4.34. The van der Waals surface area contributed by atoms with Crippen LogP contribution in [0.15, 0.2) is 18.2 Å². The summed E-state index contributed by atoms with van der Waals surface area (Å²) < 4.78 is 36.2. The van der Waals surface area contributed by atoms with E-state index in [2.05, 4.69) is 0 Å². The minimum Gasteiger partial charge on any atom is -0.345 e. The summed E-state index contributed by atoms with van der Waals surface area (Å²) >= 11 is 11.7. The maximum Gasteiger partial charge on any atom is 0.390 e. The smallest absolute Gasteiger partial charge is 0.345 e. The third kappa shape index (κ3) is 6.01. The molecule has 0 unspecified atom stereocenters. The van der Waals surface area contributed by atoms with Crippen LogP contribution < -0.4 is 0 Å². The van der Waals surface area contributed by atoms with Crippen molar-refractivity contribution in [2.75, 3.05) is 13.6 Å².